The van der Waals surface area contributed by atoms with Gasteiger partial charge < -0.3 is 14.7 Å². The molecule has 0 radical (unpaired) electrons. The first-order valence-corrected chi connectivity index (χ1v) is 6.72. The third-order valence-corrected chi connectivity index (χ3v) is 3.56. The predicted octanol–water partition coefficient (Wildman–Crippen LogP) is 1.17. The Hall–Kier alpha value is -0.610. The highest BCUT2D eigenvalue weighted by Gasteiger charge is 2.34. The number of hydrogen-bond acceptors (Lipinski definition) is 3. The molecule has 2 unspecified atom stereocenters. The summed E-state index contributed by atoms with van der Waals surface area (Å²) in [5.41, 5.74) is 0. The van der Waals surface area contributed by atoms with Gasteiger partial charge in [-0.25, -0.2) is 0 Å². The molecule has 0 bridgehead atoms. The second kappa shape index (κ2) is 5.83. The Kier molecular flexibility index (Phi) is 4.40. The fourth-order valence-corrected chi connectivity index (χ4v) is 2.32. The molecule has 1 amide bonds. The van der Waals surface area contributed by atoms with Crippen LogP contribution >= 0.6 is 0 Å². The largest absolute Gasteiger partial charge is 0.393 e. The van der Waals surface area contributed by atoms with Gasteiger partial charge in [0.15, 0.2) is 0 Å². The van der Waals surface area contributed by atoms with Crippen LogP contribution < -0.4 is 0 Å². The van der Waals surface area contributed by atoms with E-state index in [2.05, 4.69) is 0 Å². The summed E-state index contributed by atoms with van der Waals surface area (Å²) in [7, 11) is 0. The first-order valence-electron chi connectivity index (χ1n) is 6.72. The number of hydrogen-bond donors (Lipinski definition) is 1. The van der Waals surface area contributed by atoms with Gasteiger partial charge in [0.05, 0.1) is 12.7 Å². The van der Waals surface area contributed by atoms with Gasteiger partial charge in [0.2, 0.25) is 5.91 Å². The second-order valence-electron chi connectivity index (χ2n) is 5.39. The molecule has 1 saturated heterocycles. The highest BCUT2D eigenvalue weighted by molar-refractivity contribution is 5.76. The Morgan fingerprint density at radius 3 is 2.76 bits per heavy atom. The Labute approximate surface area is 103 Å². The van der Waals surface area contributed by atoms with Crippen LogP contribution in [0, 0.1) is 5.92 Å². The average Bonchev–Trinajstić information content (AvgIpc) is 3.00. The van der Waals surface area contributed by atoms with Gasteiger partial charge in [0.25, 0.3) is 0 Å². The van der Waals surface area contributed by atoms with Gasteiger partial charge in [0.1, 0.15) is 0 Å². The van der Waals surface area contributed by atoms with Crippen molar-refractivity contribution >= 4 is 5.91 Å². The van der Waals surface area contributed by atoms with Crippen molar-refractivity contribution in [2.45, 2.75) is 51.2 Å². The molecule has 2 atom stereocenters. The standard InChI is InChI=1S/C13H23NO3/c1-10(15)2-5-13(16)14(12-3-4-12)8-11-6-7-17-9-11/h10-12,15H,2-9H2,1H3. The van der Waals surface area contributed by atoms with E-state index < -0.39 is 0 Å². The topological polar surface area (TPSA) is 49.8 Å². The van der Waals surface area contributed by atoms with Gasteiger partial charge >= 0.3 is 0 Å². The number of amides is 1. The molecule has 0 spiro atoms. The first-order chi connectivity index (χ1) is 8.16. The summed E-state index contributed by atoms with van der Waals surface area (Å²) < 4.78 is 5.36. The maximum absolute atomic E-state index is 12.1. The van der Waals surface area contributed by atoms with Crippen LogP contribution in [0.2, 0.25) is 0 Å². The van der Waals surface area contributed by atoms with Crippen molar-refractivity contribution in [1.82, 2.24) is 4.90 Å². The number of rotatable bonds is 6. The number of carbonyl (C=O) groups is 1. The molecule has 1 aliphatic heterocycles. The third-order valence-electron chi connectivity index (χ3n) is 3.56. The second-order valence-corrected chi connectivity index (χ2v) is 5.39. The molecule has 1 saturated carbocycles. The minimum Gasteiger partial charge on any atom is -0.393 e. The van der Waals surface area contributed by atoms with Crippen molar-refractivity contribution in [3.63, 3.8) is 0 Å². The lowest BCUT2D eigenvalue weighted by Gasteiger charge is -2.25. The number of carbonyl (C=O) groups excluding carboxylic acids is 1. The van der Waals surface area contributed by atoms with Crippen molar-refractivity contribution in [2.75, 3.05) is 19.8 Å². The van der Waals surface area contributed by atoms with E-state index >= 15 is 0 Å². The van der Waals surface area contributed by atoms with Gasteiger partial charge in [-0.2, -0.15) is 0 Å². The van der Waals surface area contributed by atoms with Crippen LogP contribution in [0.4, 0.5) is 0 Å². The molecule has 2 aliphatic rings. The molecule has 0 aromatic rings. The minimum atomic E-state index is -0.380. The predicted molar refractivity (Wildman–Crippen MR) is 64.6 cm³/mol. The molecule has 2 rings (SSSR count). The SMILES string of the molecule is CC(O)CCC(=O)N(CC1CCOC1)C1CC1. The van der Waals surface area contributed by atoms with Crippen LogP contribution in [-0.4, -0.2) is 47.8 Å². The van der Waals surface area contributed by atoms with E-state index in [0.29, 0.717) is 24.8 Å². The molecule has 2 fully saturated rings. The summed E-state index contributed by atoms with van der Waals surface area (Å²) >= 11 is 0. The Balaban J connectivity index is 1.80. The molecule has 4 nitrogen and oxygen atoms in total. The fourth-order valence-electron chi connectivity index (χ4n) is 2.32. The monoisotopic (exact) mass is 241 g/mol. The summed E-state index contributed by atoms with van der Waals surface area (Å²) in [6, 6.07) is 0.470. The maximum Gasteiger partial charge on any atom is 0.222 e. The van der Waals surface area contributed by atoms with E-state index in [1.807, 2.05) is 4.90 Å². The number of aliphatic hydroxyl groups excluding tert-OH is 1. The molecule has 1 N–H and O–H groups in total. The summed E-state index contributed by atoms with van der Waals surface area (Å²) in [6.07, 6.45) is 4.04. The van der Waals surface area contributed by atoms with E-state index in [0.717, 1.165) is 39.0 Å². The van der Waals surface area contributed by atoms with Gasteiger partial charge in [-0.15, -0.1) is 0 Å². The van der Waals surface area contributed by atoms with Crippen molar-refractivity contribution in [3.8, 4) is 0 Å². The van der Waals surface area contributed by atoms with Crippen LogP contribution in [0.1, 0.15) is 39.0 Å². The van der Waals surface area contributed by atoms with E-state index in [1.165, 1.54) is 0 Å². The zero-order valence-corrected chi connectivity index (χ0v) is 10.6. The summed E-state index contributed by atoms with van der Waals surface area (Å²) in [5, 5.41) is 9.23. The van der Waals surface area contributed by atoms with Crippen molar-refractivity contribution in [3.05, 3.63) is 0 Å². The molecule has 0 aromatic heterocycles. The van der Waals surface area contributed by atoms with Crippen LogP contribution in [0.25, 0.3) is 0 Å². The maximum atomic E-state index is 12.1. The van der Waals surface area contributed by atoms with E-state index in [9.17, 15) is 9.90 Å². The molecule has 4 heteroatoms. The fraction of sp³-hybridized carbons (Fsp3) is 0.923. The molecule has 17 heavy (non-hydrogen) atoms. The van der Waals surface area contributed by atoms with E-state index in [4.69, 9.17) is 4.74 Å². The number of ether oxygens (including phenoxy) is 1. The minimum absolute atomic E-state index is 0.209. The smallest absolute Gasteiger partial charge is 0.222 e. The first kappa shape index (κ1) is 12.8. The van der Waals surface area contributed by atoms with Crippen LogP contribution in [-0.2, 0) is 9.53 Å². The summed E-state index contributed by atoms with van der Waals surface area (Å²) in [4.78, 5) is 14.1. The lowest BCUT2D eigenvalue weighted by molar-refractivity contribution is -0.133. The van der Waals surface area contributed by atoms with Crippen LogP contribution in [0.5, 0.6) is 0 Å². The van der Waals surface area contributed by atoms with Crippen LogP contribution in [0.3, 0.4) is 0 Å². The Morgan fingerprint density at radius 2 is 2.24 bits per heavy atom. The van der Waals surface area contributed by atoms with Crippen molar-refractivity contribution in [1.29, 1.82) is 0 Å². The van der Waals surface area contributed by atoms with E-state index in [-0.39, 0.29) is 12.0 Å². The van der Waals surface area contributed by atoms with Crippen LogP contribution in [0.15, 0.2) is 0 Å². The van der Waals surface area contributed by atoms with Gasteiger partial charge in [-0.05, 0) is 32.6 Å². The van der Waals surface area contributed by atoms with Gasteiger partial charge in [0, 0.05) is 31.5 Å². The zero-order valence-electron chi connectivity index (χ0n) is 10.6. The van der Waals surface area contributed by atoms with E-state index in [1.54, 1.807) is 6.92 Å². The molecular weight excluding hydrogens is 218 g/mol. The average molecular weight is 241 g/mol. The lowest BCUT2D eigenvalue weighted by Crippen LogP contribution is -2.37. The Bertz CT molecular complexity index is 257. The number of aliphatic hydroxyl groups is 1. The summed E-state index contributed by atoms with van der Waals surface area (Å²) in [5.74, 6) is 0.728. The molecule has 1 heterocycles. The molecule has 98 valence electrons. The van der Waals surface area contributed by atoms with Gasteiger partial charge in [-0.1, -0.05) is 0 Å². The quantitative estimate of drug-likeness (QED) is 0.759. The molecule has 1 aliphatic carbocycles. The highest BCUT2D eigenvalue weighted by Crippen LogP contribution is 2.29. The third kappa shape index (κ3) is 3.96. The summed E-state index contributed by atoms with van der Waals surface area (Å²) in [6.45, 7) is 4.22. The van der Waals surface area contributed by atoms with Gasteiger partial charge in [-0.3, -0.25) is 4.79 Å². The normalized spacial score (nSPS) is 25.9. The van der Waals surface area contributed by atoms with Crippen molar-refractivity contribution in [2.24, 2.45) is 5.92 Å². The lowest BCUT2D eigenvalue weighted by atomic mass is 10.1. The Morgan fingerprint density at radius 1 is 1.47 bits per heavy atom. The number of nitrogens with zero attached hydrogens (tertiary/aromatic N) is 1. The van der Waals surface area contributed by atoms with Crippen molar-refractivity contribution < 1.29 is 14.6 Å². The highest BCUT2D eigenvalue weighted by atomic mass is 16.5. The zero-order chi connectivity index (χ0) is 12.3. The molecule has 0 aromatic carbocycles. The molecular formula is C13H23NO3.